The number of aliphatic hydroxyl groups is 1. The van der Waals surface area contributed by atoms with Gasteiger partial charge in [-0.1, -0.05) is 44.2 Å². The molecule has 2 saturated heterocycles. The number of aryl methyl sites for hydroxylation is 1. The highest BCUT2D eigenvalue weighted by molar-refractivity contribution is 6.08. The third-order valence-corrected chi connectivity index (χ3v) is 10.4. The number of piperidine rings is 1. The van der Waals surface area contributed by atoms with E-state index in [1.54, 1.807) is 22.8 Å². The summed E-state index contributed by atoms with van der Waals surface area (Å²) in [5.41, 5.74) is 2.65. The van der Waals surface area contributed by atoms with Gasteiger partial charge in [0.15, 0.2) is 5.60 Å². The highest BCUT2D eigenvalue weighted by Gasteiger charge is 2.65. The van der Waals surface area contributed by atoms with E-state index in [2.05, 4.69) is 49.8 Å². The first kappa shape index (κ1) is 31.9. The fraction of sp³-hybridized carbons (Fsp3) is 0.500. The number of hydrogen-bond donors (Lipinski definition) is 1. The van der Waals surface area contributed by atoms with Crippen molar-refractivity contribution in [3.05, 3.63) is 78.1 Å². The van der Waals surface area contributed by atoms with Crippen molar-refractivity contribution in [2.75, 3.05) is 36.6 Å². The molecule has 3 aliphatic rings. The Bertz CT molecular complexity index is 1600. The van der Waals surface area contributed by atoms with E-state index in [9.17, 15) is 14.7 Å². The van der Waals surface area contributed by atoms with E-state index in [0.717, 1.165) is 46.8 Å². The SMILES string of the molecule is C=CCN1C(=O)[C@]2(O[C@H](CCn3cc(CCO)nn3)[C@@H](C(C)(C)c3ccc(OC)cc3)[C@@H]2C)c2cc(N3CCCCC3=O)ccc21. The normalized spacial score (nSPS) is 24.6. The van der Waals surface area contributed by atoms with E-state index in [-0.39, 0.29) is 36.4 Å². The molecule has 2 aromatic carbocycles. The molecule has 0 radical (unpaired) electrons. The zero-order valence-corrected chi connectivity index (χ0v) is 27.3. The van der Waals surface area contributed by atoms with Crippen molar-refractivity contribution < 1.29 is 24.2 Å². The number of nitrogens with zero attached hydrogens (tertiary/aromatic N) is 5. The molecule has 1 aromatic heterocycles. The maximum Gasteiger partial charge on any atom is 0.264 e. The lowest BCUT2D eigenvalue weighted by Crippen LogP contribution is -2.46. The van der Waals surface area contributed by atoms with Gasteiger partial charge in [0.2, 0.25) is 5.91 Å². The van der Waals surface area contributed by atoms with Crippen LogP contribution in [0.1, 0.15) is 63.3 Å². The number of rotatable bonds is 11. The summed E-state index contributed by atoms with van der Waals surface area (Å²) in [7, 11) is 1.66. The minimum Gasteiger partial charge on any atom is -0.497 e. The van der Waals surface area contributed by atoms with Gasteiger partial charge >= 0.3 is 0 Å². The number of hydrogen-bond acceptors (Lipinski definition) is 7. The predicted molar refractivity (Wildman–Crippen MR) is 176 cm³/mol. The smallest absolute Gasteiger partial charge is 0.264 e. The second-order valence-corrected chi connectivity index (χ2v) is 13.3. The molecule has 4 atom stereocenters. The van der Waals surface area contributed by atoms with E-state index in [4.69, 9.17) is 9.47 Å². The zero-order valence-electron chi connectivity index (χ0n) is 27.3. The number of carbonyl (C=O) groups excluding carboxylic acids is 2. The van der Waals surface area contributed by atoms with Crippen LogP contribution < -0.4 is 14.5 Å². The Morgan fingerprint density at radius 1 is 1.17 bits per heavy atom. The van der Waals surface area contributed by atoms with Gasteiger partial charge in [-0.3, -0.25) is 14.3 Å². The number of fused-ring (bicyclic) bond motifs is 2. The third-order valence-electron chi connectivity index (χ3n) is 10.4. The molecule has 0 saturated carbocycles. The van der Waals surface area contributed by atoms with E-state index in [1.165, 1.54) is 0 Å². The number of ether oxygens (including phenoxy) is 2. The van der Waals surface area contributed by atoms with Crippen LogP contribution in [0.4, 0.5) is 11.4 Å². The van der Waals surface area contributed by atoms with Crippen molar-refractivity contribution in [1.82, 2.24) is 15.0 Å². The van der Waals surface area contributed by atoms with Gasteiger partial charge in [0, 0.05) is 68.4 Å². The number of carbonyl (C=O) groups is 2. The molecule has 0 unspecified atom stereocenters. The second-order valence-electron chi connectivity index (χ2n) is 13.3. The minimum absolute atomic E-state index is 0.0102. The molecule has 4 heterocycles. The van der Waals surface area contributed by atoms with E-state index in [0.29, 0.717) is 38.9 Å². The lowest BCUT2D eigenvalue weighted by atomic mass is 9.63. The molecule has 46 heavy (non-hydrogen) atoms. The molecular weight excluding hydrogens is 582 g/mol. The van der Waals surface area contributed by atoms with Crippen LogP contribution in [-0.4, -0.2) is 64.8 Å². The number of anilines is 2. The highest BCUT2D eigenvalue weighted by atomic mass is 16.5. The number of benzene rings is 2. The molecule has 0 aliphatic carbocycles. The van der Waals surface area contributed by atoms with Gasteiger partial charge in [0.25, 0.3) is 5.91 Å². The predicted octanol–water partition coefficient (Wildman–Crippen LogP) is 4.79. The highest BCUT2D eigenvalue weighted by Crippen LogP contribution is 2.60. The van der Waals surface area contributed by atoms with Crippen LogP contribution in [0.15, 0.2) is 61.3 Å². The molecule has 2 fully saturated rings. The fourth-order valence-corrected chi connectivity index (χ4v) is 8.06. The molecule has 244 valence electrons. The Morgan fingerprint density at radius 3 is 2.65 bits per heavy atom. The Morgan fingerprint density at radius 2 is 1.96 bits per heavy atom. The molecular formula is C36H45N5O5. The summed E-state index contributed by atoms with van der Waals surface area (Å²) < 4.78 is 14.4. The van der Waals surface area contributed by atoms with Gasteiger partial charge in [-0.2, -0.15) is 0 Å². The first-order valence-corrected chi connectivity index (χ1v) is 16.4. The number of aromatic nitrogens is 3. The molecule has 1 spiro atoms. The summed E-state index contributed by atoms with van der Waals surface area (Å²) in [4.78, 5) is 31.3. The zero-order chi connectivity index (χ0) is 32.6. The van der Waals surface area contributed by atoms with Crippen LogP contribution >= 0.6 is 0 Å². The lowest BCUT2D eigenvalue weighted by Gasteiger charge is -2.39. The molecule has 1 N–H and O–H groups in total. The van der Waals surface area contributed by atoms with Crippen molar-refractivity contribution >= 4 is 23.2 Å². The average molecular weight is 628 g/mol. The van der Waals surface area contributed by atoms with E-state index < -0.39 is 11.0 Å². The molecule has 2 amide bonds. The number of aliphatic hydroxyl groups excluding tert-OH is 1. The summed E-state index contributed by atoms with van der Waals surface area (Å²) in [6, 6.07) is 14.1. The number of amides is 2. The van der Waals surface area contributed by atoms with Crippen molar-refractivity contribution in [1.29, 1.82) is 0 Å². The van der Waals surface area contributed by atoms with Gasteiger partial charge in [-0.05, 0) is 60.6 Å². The molecule has 0 bridgehead atoms. The van der Waals surface area contributed by atoms with Gasteiger partial charge in [0.1, 0.15) is 5.75 Å². The lowest BCUT2D eigenvalue weighted by molar-refractivity contribution is -0.146. The fourth-order valence-electron chi connectivity index (χ4n) is 8.06. The molecule has 6 rings (SSSR count). The average Bonchev–Trinajstić information content (AvgIpc) is 3.70. The van der Waals surface area contributed by atoms with Gasteiger partial charge in [-0.25, -0.2) is 0 Å². The summed E-state index contributed by atoms with van der Waals surface area (Å²) in [6.07, 6.45) is 6.71. The first-order valence-electron chi connectivity index (χ1n) is 16.4. The van der Waals surface area contributed by atoms with Crippen molar-refractivity contribution in [3.8, 4) is 5.75 Å². The van der Waals surface area contributed by atoms with E-state index in [1.807, 2.05) is 41.4 Å². The maximum atomic E-state index is 14.7. The van der Waals surface area contributed by atoms with Crippen LogP contribution in [0.25, 0.3) is 0 Å². The minimum atomic E-state index is -1.24. The van der Waals surface area contributed by atoms with Crippen molar-refractivity contribution in [2.24, 2.45) is 11.8 Å². The van der Waals surface area contributed by atoms with E-state index >= 15 is 0 Å². The monoisotopic (exact) mass is 627 g/mol. The maximum absolute atomic E-state index is 14.7. The third kappa shape index (κ3) is 5.31. The molecule has 3 aromatic rings. The van der Waals surface area contributed by atoms with Crippen molar-refractivity contribution in [3.63, 3.8) is 0 Å². The molecule has 3 aliphatic heterocycles. The second kappa shape index (κ2) is 12.6. The standard InChI is InChI=1S/C36H45N5O5/c1-6-18-41-30-15-12-27(40-19-8-7-9-32(40)43)22-29(30)36(34(41)44)24(2)33(35(3,4)25-10-13-28(45-5)14-11-25)31(46-36)16-20-39-23-26(17-21-42)37-38-39/h6,10-15,22-24,31,33,42H,1,7-9,16-21H2,2-5H3/t24-,31+,33-,36+/m0/s1. The summed E-state index contributed by atoms with van der Waals surface area (Å²) in [5, 5.41) is 17.8. The molecule has 10 heteroatoms. The van der Waals surface area contributed by atoms with Crippen LogP contribution in [0.5, 0.6) is 5.75 Å². The summed E-state index contributed by atoms with van der Waals surface area (Å²) in [5.74, 6) is 0.511. The van der Waals surface area contributed by atoms with Gasteiger partial charge in [0.05, 0.1) is 24.6 Å². The summed E-state index contributed by atoms with van der Waals surface area (Å²) >= 11 is 0. The Balaban J connectivity index is 1.44. The van der Waals surface area contributed by atoms with Crippen LogP contribution in [0.2, 0.25) is 0 Å². The van der Waals surface area contributed by atoms with Gasteiger partial charge < -0.3 is 24.4 Å². The number of methoxy groups -OCH3 is 1. The van der Waals surface area contributed by atoms with Crippen LogP contribution in [-0.2, 0) is 38.3 Å². The van der Waals surface area contributed by atoms with Gasteiger partial charge in [-0.15, -0.1) is 11.7 Å². The quantitative estimate of drug-likeness (QED) is 0.305. The topological polar surface area (TPSA) is 110 Å². The van der Waals surface area contributed by atoms with Crippen LogP contribution in [0, 0.1) is 11.8 Å². The largest absolute Gasteiger partial charge is 0.497 e. The van der Waals surface area contributed by atoms with Crippen molar-refractivity contribution in [2.45, 2.75) is 76.5 Å². The Labute approximate surface area is 271 Å². The Kier molecular flexibility index (Phi) is 8.78. The first-order chi connectivity index (χ1) is 22.1. The van der Waals surface area contributed by atoms with Crippen LogP contribution in [0.3, 0.4) is 0 Å². The molecule has 10 nitrogen and oxygen atoms in total. The Hall–Kier alpha value is -4.02. The summed E-state index contributed by atoms with van der Waals surface area (Å²) in [6.45, 7) is 12.1.